The number of ether oxygens (including phenoxy) is 1. The maximum absolute atomic E-state index is 13.2. The highest BCUT2D eigenvalue weighted by Crippen LogP contribution is 2.18. The predicted octanol–water partition coefficient (Wildman–Crippen LogP) is 16.5. The standard InChI is InChI=1S/C56H105NO5/c1-4-7-10-13-16-19-22-25-27-28-29-30-32-35-38-41-44-47-52(62-56(61)49-46-43-40-37-34-31-26-23-20-17-14-11-8-5-2)50-55(60)57-53(51-58)54(59)48-45-42-39-36-33-24-21-18-15-12-9-6-3/h16,19,25,27,29-30,52-54,58-59H,4-15,17-18,20-24,26,28,31-51H2,1-3H3,(H,57,60)/b19-16-,27-25-,30-29-. The fourth-order valence-electron chi connectivity index (χ4n) is 8.32. The highest BCUT2D eigenvalue weighted by Gasteiger charge is 2.24. The Labute approximate surface area is 385 Å². The maximum Gasteiger partial charge on any atom is 0.306 e. The summed E-state index contributed by atoms with van der Waals surface area (Å²) < 4.78 is 5.94. The normalized spacial score (nSPS) is 13.4. The number of carbonyl (C=O) groups is 2. The molecule has 364 valence electrons. The molecule has 0 bridgehead atoms. The van der Waals surface area contributed by atoms with Gasteiger partial charge in [-0.05, 0) is 64.2 Å². The number of carbonyl (C=O) groups excluding carboxylic acids is 2. The molecule has 0 fully saturated rings. The van der Waals surface area contributed by atoms with Crippen LogP contribution in [0.4, 0.5) is 0 Å². The van der Waals surface area contributed by atoms with Crippen LogP contribution in [0.3, 0.4) is 0 Å². The molecule has 3 atom stereocenters. The summed E-state index contributed by atoms with van der Waals surface area (Å²) in [6.07, 6.45) is 59.1. The number of rotatable bonds is 49. The Morgan fingerprint density at radius 3 is 1.27 bits per heavy atom. The Kier molecular flexibility index (Phi) is 48.5. The zero-order chi connectivity index (χ0) is 45.2. The van der Waals surface area contributed by atoms with Crippen LogP contribution in [0.2, 0.25) is 0 Å². The van der Waals surface area contributed by atoms with Gasteiger partial charge in [-0.25, -0.2) is 0 Å². The van der Waals surface area contributed by atoms with Crippen LogP contribution in [-0.4, -0.2) is 46.9 Å². The van der Waals surface area contributed by atoms with Crippen molar-refractivity contribution in [1.29, 1.82) is 0 Å². The van der Waals surface area contributed by atoms with Crippen molar-refractivity contribution in [2.45, 2.75) is 302 Å². The van der Waals surface area contributed by atoms with Crippen LogP contribution >= 0.6 is 0 Å². The first-order valence-electron chi connectivity index (χ1n) is 27.2. The van der Waals surface area contributed by atoms with Gasteiger partial charge in [0.2, 0.25) is 5.91 Å². The van der Waals surface area contributed by atoms with E-state index in [-0.39, 0.29) is 24.9 Å². The molecule has 6 nitrogen and oxygen atoms in total. The van der Waals surface area contributed by atoms with E-state index in [0.29, 0.717) is 19.3 Å². The molecule has 0 aliphatic heterocycles. The monoisotopic (exact) mass is 872 g/mol. The molecule has 0 saturated heterocycles. The summed E-state index contributed by atoms with van der Waals surface area (Å²) in [5, 5.41) is 23.8. The summed E-state index contributed by atoms with van der Waals surface area (Å²) >= 11 is 0. The van der Waals surface area contributed by atoms with E-state index in [1.54, 1.807) is 0 Å². The van der Waals surface area contributed by atoms with Crippen molar-refractivity contribution >= 4 is 11.9 Å². The first kappa shape index (κ1) is 60.1. The molecular weight excluding hydrogens is 767 g/mol. The fourth-order valence-corrected chi connectivity index (χ4v) is 8.32. The molecule has 62 heavy (non-hydrogen) atoms. The molecule has 0 rings (SSSR count). The molecule has 0 heterocycles. The minimum atomic E-state index is -0.791. The van der Waals surface area contributed by atoms with Crippen LogP contribution in [0.15, 0.2) is 36.5 Å². The largest absolute Gasteiger partial charge is 0.462 e. The van der Waals surface area contributed by atoms with E-state index in [2.05, 4.69) is 62.5 Å². The summed E-state index contributed by atoms with van der Waals surface area (Å²) in [6, 6.07) is -0.706. The lowest BCUT2D eigenvalue weighted by Crippen LogP contribution is -2.46. The number of esters is 1. The van der Waals surface area contributed by atoms with E-state index in [9.17, 15) is 19.8 Å². The number of amides is 1. The summed E-state index contributed by atoms with van der Waals surface area (Å²) in [6.45, 7) is 6.47. The predicted molar refractivity (Wildman–Crippen MR) is 269 cm³/mol. The van der Waals surface area contributed by atoms with Gasteiger partial charge in [0.05, 0.1) is 25.2 Å². The summed E-state index contributed by atoms with van der Waals surface area (Å²) in [4.78, 5) is 26.2. The number of allylic oxidation sites excluding steroid dienone is 6. The number of unbranched alkanes of at least 4 members (excludes halogenated alkanes) is 31. The second-order valence-corrected chi connectivity index (χ2v) is 18.6. The molecule has 0 aliphatic carbocycles. The van der Waals surface area contributed by atoms with Crippen molar-refractivity contribution in [3.63, 3.8) is 0 Å². The molecule has 3 unspecified atom stereocenters. The Morgan fingerprint density at radius 1 is 0.468 bits per heavy atom. The zero-order valence-corrected chi connectivity index (χ0v) is 41.5. The smallest absolute Gasteiger partial charge is 0.306 e. The van der Waals surface area contributed by atoms with Gasteiger partial charge < -0.3 is 20.3 Å². The molecule has 1 amide bonds. The van der Waals surface area contributed by atoms with Crippen LogP contribution in [0, 0.1) is 0 Å². The first-order valence-corrected chi connectivity index (χ1v) is 27.2. The van der Waals surface area contributed by atoms with E-state index < -0.39 is 18.2 Å². The SMILES string of the molecule is CCCCC/C=C\C/C=C\C/C=C\CCCCCCC(CC(=O)NC(CO)C(O)CCCCCCCCCCCCCC)OC(=O)CCCCCCCCCCCCCCCC. The van der Waals surface area contributed by atoms with Crippen LogP contribution in [-0.2, 0) is 14.3 Å². The topological polar surface area (TPSA) is 95.9 Å². The number of aliphatic hydroxyl groups excluding tert-OH is 2. The highest BCUT2D eigenvalue weighted by molar-refractivity contribution is 5.77. The minimum Gasteiger partial charge on any atom is -0.462 e. The summed E-state index contributed by atoms with van der Waals surface area (Å²) in [5.41, 5.74) is 0. The summed E-state index contributed by atoms with van der Waals surface area (Å²) in [5.74, 6) is -0.482. The lowest BCUT2D eigenvalue weighted by atomic mass is 10.0. The minimum absolute atomic E-state index is 0.0667. The van der Waals surface area contributed by atoms with Gasteiger partial charge in [0.15, 0.2) is 0 Å². The van der Waals surface area contributed by atoms with Crippen molar-refractivity contribution in [2.24, 2.45) is 0 Å². The van der Waals surface area contributed by atoms with Crippen molar-refractivity contribution < 1.29 is 24.5 Å². The van der Waals surface area contributed by atoms with Crippen LogP contribution < -0.4 is 5.32 Å². The molecule has 0 saturated carbocycles. The lowest BCUT2D eigenvalue weighted by Gasteiger charge is -2.24. The van der Waals surface area contributed by atoms with Crippen molar-refractivity contribution in [1.82, 2.24) is 5.32 Å². The Morgan fingerprint density at radius 2 is 0.823 bits per heavy atom. The average Bonchev–Trinajstić information content (AvgIpc) is 3.26. The number of hydrogen-bond acceptors (Lipinski definition) is 5. The lowest BCUT2D eigenvalue weighted by molar-refractivity contribution is -0.151. The molecule has 6 heteroatoms. The molecular formula is C56H105NO5. The van der Waals surface area contributed by atoms with E-state index in [0.717, 1.165) is 83.5 Å². The molecule has 0 radical (unpaired) electrons. The summed E-state index contributed by atoms with van der Waals surface area (Å²) in [7, 11) is 0. The van der Waals surface area contributed by atoms with Crippen LogP contribution in [0.25, 0.3) is 0 Å². The van der Waals surface area contributed by atoms with E-state index in [4.69, 9.17) is 4.74 Å². The average molecular weight is 872 g/mol. The van der Waals surface area contributed by atoms with Gasteiger partial charge in [-0.2, -0.15) is 0 Å². The second kappa shape index (κ2) is 50.1. The first-order chi connectivity index (χ1) is 30.5. The van der Waals surface area contributed by atoms with E-state index in [1.807, 2.05) is 0 Å². The Balaban J connectivity index is 4.61. The Hall–Kier alpha value is -1.92. The third-order valence-electron chi connectivity index (χ3n) is 12.5. The van der Waals surface area contributed by atoms with E-state index in [1.165, 1.54) is 154 Å². The van der Waals surface area contributed by atoms with Crippen LogP contribution in [0.1, 0.15) is 284 Å². The number of hydrogen-bond donors (Lipinski definition) is 3. The van der Waals surface area contributed by atoms with E-state index >= 15 is 0 Å². The third-order valence-corrected chi connectivity index (χ3v) is 12.5. The molecule has 0 aromatic heterocycles. The third kappa shape index (κ3) is 44.7. The molecule has 0 aromatic rings. The van der Waals surface area contributed by atoms with Crippen molar-refractivity contribution in [3.8, 4) is 0 Å². The van der Waals surface area contributed by atoms with Gasteiger partial charge >= 0.3 is 5.97 Å². The second-order valence-electron chi connectivity index (χ2n) is 18.6. The van der Waals surface area contributed by atoms with Gasteiger partial charge in [0.1, 0.15) is 6.10 Å². The molecule has 3 N–H and O–H groups in total. The van der Waals surface area contributed by atoms with Gasteiger partial charge in [0.25, 0.3) is 0 Å². The maximum atomic E-state index is 13.2. The van der Waals surface area contributed by atoms with Crippen LogP contribution in [0.5, 0.6) is 0 Å². The quantitative estimate of drug-likeness (QED) is 0.0321. The Bertz CT molecular complexity index is 1020. The fraction of sp³-hybridized carbons (Fsp3) is 0.857. The zero-order valence-electron chi connectivity index (χ0n) is 41.5. The molecule has 0 spiro atoms. The number of nitrogens with one attached hydrogen (secondary N) is 1. The van der Waals surface area contributed by atoms with Gasteiger partial charge in [-0.1, -0.05) is 243 Å². The molecule has 0 aliphatic rings. The van der Waals surface area contributed by atoms with Gasteiger partial charge in [-0.15, -0.1) is 0 Å². The van der Waals surface area contributed by atoms with Gasteiger partial charge in [-0.3, -0.25) is 9.59 Å². The molecule has 0 aromatic carbocycles. The number of aliphatic hydroxyl groups is 2. The van der Waals surface area contributed by atoms with Crippen molar-refractivity contribution in [3.05, 3.63) is 36.5 Å². The van der Waals surface area contributed by atoms with Crippen molar-refractivity contribution in [2.75, 3.05) is 6.61 Å². The highest BCUT2D eigenvalue weighted by atomic mass is 16.5. The van der Waals surface area contributed by atoms with Gasteiger partial charge in [0, 0.05) is 6.42 Å².